The SMILES string of the molecule is CC[C@@H]1CCCCN1C(=O)c1cc2cccnc2n(Cc2ccc(C)cc2)c1=O. The zero-order valence-corrected chi connectivity index (χ0v) is 17.1. The summed E-state index contributed by atoms with van der Waals surface area (Å²) in [6, 6.07) is 13.8. The molecule has 0 spiro atoms. The summed E-state index contributed by atoms with van der Waals surface area (Å²) in [7, 11) is 0. The number of carbonyl (C=O) groups excluding carboxylic acids is 1. The molecular formula is C24H27N3O2. The second-order valence-electron chi connectivity index (χ2n) is 7.91. The van der Waals surface area contributed by atoms with Gasteiger partial charge in [0.2, 0.25) is 0 Å². The maximum Gasteiger partial charge on any atom is 0.265 e. The molecule has 29 heavy (non-hydrogen) atoms. The average Bonchev–Trinajstić information content (AvgIpc) is 2.76. The van der Waals surface area contributed by atoms with Gasteiger partial charge in [0.1, 0.15) is 11.2 Å². The Bertz CT molecular complexity index is 1090. The smallest absolute Gasteiger partial charge is 0.265 e. The predicted octanol–water partition coefficient (Wildman–Crippen LogP) is 4.16. The fraction of sp³-hybridized carbons (Fsp3) is 0.375. The lowest BCUT2D eigenvalue weighted by molar-refractivity contribution is 0.0606. The van der Waals surface area contributed by atoms with Gasteiger partial charge in [-0.2, -0.15) is 0 Å². The van der Waals surface area contributed by atoms with Crippen LogP contribution in [0.2, 0.25) is 0 Å². The molecule has 0 aliphatic carbocycles. The Balaban J connectivity index is 1.81. The third kappa shape index (κ3) is 3.82. The van der Waals surface area contributed by atoms with Gasteiger partial charge < -0.3 is 4.90 Å². The van der Waals surface area contributed by atoms with E-state index in [2.05, 4.69) is 11.9 Å². The van der Waals surface area contributed by atoms with Crippen LogP contribution in [0.4, 0.5) is 0 Å². The van der Waals surface area contributed by atoms with E-state index < -0.39 is 0 Å². The van der Waals surface area contributed by atoms with Crippen molar-refractivity contribution in [3.8, 4) is 0 Å². The molecule has 4 rings (SSSR count). The normalized spacial score (nSPS) is 16.9. The Morgan fingerprint density at radius 2 is 1.97 bits per heavy atom. The molecule has 0 unspecified atom stereocenters. The quantitative estimate of drug-likeness (QED) is 0.673. The molecule has 1 atom stereocenters. The van der Waals surface area contributed by atoms with E-state index >= 15 is 0 Å². The van der Waals surface area contributed by atoms with E-state index in [1.165, 1.54) is 5.56 Å². The van der Waals surface area contributed by atoms with Gasteiger partial charge in [0.25, 0.3) is 11.5 Å². The lowest BCUT2D eigenvalue weighted by Crippen LogP contribution is -2.45. The van der Waals surface area contributed by atoms with Crippen molar-refractivity contribution in [2.24, 2.45) is 0 Å². The lowest BCUT2D eigenvalue weighted by atomic mass is 9.99. The number of nitrogens with zero attached hydrogens (tertiary/aromatic N) is 3. The number of pyridine rings is 2. The summed E-state index contributed by atoms with van der Waals surface area (Å²) in [5.74, 6) is -0.148. The number of aryl methyl sites for hydroxylation is 1. The first-order chi connectivity index (χ1) is 14.1. The van der Waals surface area contributed by atoms with Crippen molar-refractivity contribution in [1.82, 2.24) is 14.5 Å². The summed E-state index contributed by atoms with van der Waals surface area (Å²) in [4.78, 5) is 33.1. The molecule has 5 heteroatoms. The van der Waals surface area contributed by atoms with Crippen LogP contribution < -0.4 is 5.56 Å². The number of hydrogen-bond acceptors (Lipinski definition) is 3. The molecule has 150 valence electrons. The van der Waals surface area contributed by atoms with E-state index in [9.17, 15) is 9.59 Å². The van der Waals surface area contributed by atoms with Crippen LogP contribution in [-0.2, 0) is 6.54 Å². The number of piperidine rings is 1. The number of benzene rings is 1. The van der Waals surface area contributed by atoms with Gasteiger partial charge in [-0.25, -0.2) is 4.98 Å². The highest BCUT2D eigenvalue weighted by Gasteiger charge is 2.28. The van der Waals surface area contributed by atoms with Gasteiger partial charge in [0.15, 0.2) is 0 Å². The molecule has 2 aromatic heterocycles. The highest BCUT2D eigenvalue weighted by molar-refractivity contribution is 5.97. The molecule has 3 aromatic rings. The van der Waals surface area contributed by atoms with Crippen LogP contribution >= 0.6 is 0 Å². The van der Waals surface area contributed by atoms with Crippen LogP contribution in [0.1, 0.15) is 54.1 Å². The molecule has 1 amide bonds. The van der Waals surface area contributed by atoms with Crippen molar-refractivity contribution in [1.29, 1.82) is 0 Å². The molecule has 1 aromatic carbocycles. The first-order valence-corrected chi connectivity index (χ1v) is 10.4. The summed E-state index contributed by atoms with van der Waals surface area (Å²) in [6.45, 7) is 5.26. The molecular weight excluding hydrogens is 362 g/mol. The number of rotatable bonds is 4. The van der Waals surface area contributed by atoms with E-state index in [0.717, 1.165) is 43.2 Å². The second kappa shape index (κ2) is 8.19. The minimum atomic E-state index is -0.262. The molecule has 0 saturated carbocycles. The van der Waals surface area contributed by atoms with Gasteiger partial charge in [-0.1, -0.05) is 36.8 Å². The highest BCUT2D eigenvalue weighted by atomic mass is 16.2. The summed E-state index contributed by atoms with van der Waals surface area (Å²) in [5.41, 5.74) is 2.78. The largest absolute Gasteiger partial charge is 0.336 e. The van der Waals surface area contributed by atoms with Gasteiger partial charge in [0.05, 0.1) is 6.54 Å². The Kier molecular flexibility index (Phi) is 5.47. The van der Waals surface area contributed by atoms with E-state index in [-0.39, 0.29) is 23.1 Å². The molecule has 0 bridgehead atoms. The van der Waals surface area contributed by atoms with Gasteiger partial charge >= 0.3 is 0 Å². The highest BCUT2D eigenvalue weighted by Crippen LogP contribution is 2.22. The molecule has 0 N–H and O–H groups in total. The maximum absolute atomic E-state index is 13.4. The van der Waals surface area contributed by atoms with E-state index in [0.29, 0.717) is 12.2 Å². The van der Waals surface area contributed by atoms with Gasteiger partial charge in [-0.15, -0.1) is 0 Å². The molecule has 0 radical (unpaired) electrons. The first-order valence-electron chi connectivity index (χ1n) is 10.4. The third-order valence-corrected chi connectivity index (χ3v) is 5.90. The molecule has 1 aliphatic heterocycles. The van der Waals surface area contributed by atoms with E-state index in [1.807, 2.05) is 48.2 Å². The second-order valence-corrected chi connectivity index (χ2v) is 7.91. The van der Waals surface area contributed by atoms with Crippen LogP contribution in [0.15, 0.2) is 53.5 Å². The van der Waals surface area contributed by atoms with Crippen LogP contribution in [0, 0.1) is 6.92 Å². The fourth-order valence-corrected chi connectivity index (χ4v) is 4.23. The van der Waals surface area contributed by atoms with Crippen molar-refractivity contribution in [3.63, 3.8) is 0 Å². The summed E-state index contributed by atoms with van der Waals surface area (Å²) < 4.78 is 1.64. The van der Waals surface area contributed by atoms with Crippen molar-refractivity contribution in [2.45, 2.75) is 52.1 Å². The van der Waals surface area contributed by atoms with Crippen molar-refractivity contribution in [3.05, 3.63) is 75.7 Å². The molecule has 1 saturated heterocycles. The van der Waals surface area contributed by atoms with Gasteiger partial charge in [0, 0.05) is 24.2 Å². The molecule has 1 fully saturated rings. The Morgan fingerprint density at radius 1 is 1.17 bits per heavy atom. The third-order valence-electron chi connectivity index (χ3n) is 5.90. The summed E-state index contributed by atoms with van der Waals surface area (Å²) in [6.07, 6.45) is 5.75. The van der Waals surface area contributed by atoms with Crippen LogP contribution in [-0.4, -0.2) is 32.9 Å². The first kappa shape index (κ1) is 19.4. The predicted molar refractivity (Wildman–Crippen MR) is 115 cm³/mol. The molecule has 1 aliphatic rings. The number of likely N-dealkylation sites (tertiary alicyclic amines) is 1. The number of carbonyl (C=O) groups is 1. The number of aromatic nitrogens is 2. The number of hydrogen-bond donors (Lipinski definition) is 0. The Labute approximate surface area is 171 Å². The standard InChI is InChI=1S/C24H27N3O2/c1-3-20-8-4-5-14-26(20)23(28)21-15-19-7-6-13-25-22(19)27(24(21)29)16-18-11-9-17(2)10-12-18/h6-7,9-13,15,20H,3-5,8,14,16H2,1-2H3/t20-/m1/s1. The number of amides is 1. The number of fused-ring (bicyclic) bond motifs is 1. The van der Waals surface area contributed by atoms with Crippen LogP contribution in [0.25, 0.3) is 11.0 Å². The minimum Gasteiger partial charge on any atom is -0.336 e. The zero-order valence-electron chi connectivity index (χ0n) is 17.1. The Hall–Kier alpha value is -2.95. The minimum absolute atomic E-state index is 0.148. The van der Waals surface area contributed by atoms with Crippen molar-refractivity contribution < 1.29 is 4.79 Å². The van der Waals surface area contributed by atoms with Crippen molar-refractivity contribution in [2.75, 3.05) is 6.54 Å². The topological polar surface area (TPSA) is 55.2 Å². The van der Waals surface area contributed by atoms with E-state index in [4.69, 9.17) is 0 Å². The summed E-state index contributed by atoms with van der Waals surface area (Å²) >= 11 is 0. The van der Waals surface area contributed by atoms with E-state index in [1.54, 1.807) is 16.8 Å². The Morgan fingerprint density at radius 3 is 2.72 bits per heavy atom. The van der Waals surface area contributed by atoms with Crippen LogP contribution in [0.5, 0.6) is 0 Å². The summed E-state index contributed by atoms with van der Waals surface area (Å²) in [5, 5.41) is 0.813. The maximum atomic E-state index is 13.4. The zero-order chi connectivity index (χ0) is 20.4. The lowest BCUT2D eigenvalue weighted by Gasteiger charge is -2.35. The van der Waals surface area contributed by atoms with Crippen molar-refractivity contribution >= 4 is 16.9 Å². The molecule has 5 nitrogen and oxygen atoms in total. The average molecular weight is 389 g/mol. The monoisotopic (exact) mass is 389 g/mol. The van der Waals surface area contributed by atoms with Gasteiger partial charge in [-0.05, 0) is 56.4 Å². The van der Waals surface area contributed by atoms with Gasteiger partial charge in [-0.3, -0.25) is 14.2 Å². The molecule has 3 heterocycles. The fourth-order valence-electron chi connectivity index (χ4n) is 4.23. The van der Waals surface area contributed by atoms with Crippen LogP contribution in [0.3, 0.4) is 0 Å².